The standard InChI is InChI=1S/C18H25NO4/c1-13(14-9-11-23-12-10-14)18(22)19-16(7-8-17(20)21)15-5-3-2-4-6-15/h2-6,13-14,16H,7-12H2,1H3,(H,19,22)(H,20,21). The average Bonchev–Trinajstić information content (AvgIpc) is 2.59. The number of carbonyl (C=O) groups excluding carboxylic acids is 1. The van der Waals surface area contributed by atoms with Crippen LogP contribution in [0.25, 0.3) is 0 Å². The summed E-state index contributed by atoms with van der Waals surface area (Å²) in [6.45, 7) is 3.37. The number of hydrogen-bond acceptors (Lipinski definition) is 3. The maximum Gasteiger partial charge on any atom is 0.303 e. The molecule has 5 heteroatoms. The number of carbonyl (C=O) groups is 2. The van der Waals surface area contributed by atoms with Crippen LogP contribution in [-0.2, 0) is 14.3 Å². The van der Waals surface area contributed by atoms with Crippen LogP contribution < -0.4 is 5.32 Å². The van der Waals surface area contributed by atoms with Crippen molar-refractivity contribution in [1.29, 1.82) is 0 Å². The number of carboxylic acids is 1. The molecule has 1 heterocycles. The van der Waals surface area contributed by atoms with Gasteiger partial charge in [-0.05, 0) is 30.7 Å². The highest BCUT2D eigenvalue weighted by molar-refractivity contribution is 5.79. The van der Waals surface area contributed by atoms with Crippen LogP contribution in [-0.4, -0.2) is 30.2 Å². The summed E-state index contributed by atoms with van der Waals surface area (Å²) < 4.78 is 5.35. The molecule has 1 aliphatic rings. The normalized spacial score (nSPS) is 18.1. The van der Waals surface area contributed by atoms with Gasteiger partial charge in [0.2, 0.25) is 5.91 Å². The first-order chi connectivity index (χ1) is 11.1. The van der Waals surface area contributed by atoms with Crippen molar-refractivity contribution in [2.24, 2.45) is 11.8 Å². The Balaban J connectivity index is 2.00. The Bertz CT molecular complexity index is 511. The zero-order chi connectivity index (χ0) is 16.7. The zero-order valence-corrected chi connectivity index (χ0v) is 13.5. The van der Waals surface area contributed by atoms with E-state index in [1.165, 1.54) is 0 Å². The Morgan fingerprint density at radius 1 is 1.26 bits per heavy atom. The van der Waals surface area contributed by atoms with Crippen molar-refractivity contribution in [3.05, 3.63) is 35.9 Å². The lowest BCUT2D eigenvalue weighted by molar-refractivity contribution is -0.137. The van der Waals surface area contributed by atoms with Crippen LogP contribution in [0.1, 0.15) is 44.2 Å². The molecule has 2 atom stereocenters. The van der Waals surface area contributed by atoms with Crippen LogP contribution in [0.3, 0.4) is 0 Å². The van der Waals surface area contributed by atoms with E-state index in [-0.39, 0.29) is 24.3 Å². The largest absolute Gasteiger partial charge is 0.481 e. The molecule has 0 bridgehead atoms. The monoisotopic (exact) mass is 319 g/mol. The first kappa shape index (κ1) is 17.5. The Morgan fingerprint density at radius 3 is 2.52 bits per heavy atom. The molecule has 126 valence electrons. The van der Waals surface area contributed by atoms with Crippen molar-refractivity contribution in [3.8, 4) is 0 Å². The smallest absolute Gasteiger partial charge is 0.303 e. The van der Waals surface area contributed by atoms with Gasteiger partial charge in [-0.15, -0.1) is 0 Å². The maximum absolute atomic E-state index is 12.6. The van der Waals surface area contributed by atoms with Gasteiger partial charge in [-0.25, -0.2) is 0 Å². The molecule has 0 spiro atoms. The van der Waals surface area contributed by atoms with Crippen LogP contribution in [0.15, 0.2) is 30.3 Å². The Labute approximate surface area is 137 Å². The Hall–Kier alpha value is -1.88. The van der Waals surface area contributed by atoms with E-state index in [4.69, 9.17) is 9.84 Å². The number of benzene rings is 1. The lowest BCUT2D eigenvalue weighted by Crippen LogP contribution is -2.37. The van der Waals surface area contributed by atoms with Gasteiger partial charge in [0.15, 0.2) is 0 Å². The maximum atomic E-state index is 12.6. The molecule has 2 unspecified atom stereocenters. The molecule has 1 aliphatic heterocycles. The Morgan fingerprint density at radius 2 is 1.91 bits per heavy atom. The minimum atomic E-state index is -0.849. The number of hydrogen-bond donors (Lipinski definition) is 2. The summed E-state index contributed by atoms with van der Waals surface area (Å²) in [6, 6.07) is 9.29. The van der Waals surface area contributed by atoms with Crippen molar-refractivity contribution in [3.63, 3.8) is 0 Å². The van der Waals surface area contributed by atoms with E-state index in [9.17, 15) is 9.59 Å². The predicted molar refractivity (Wildman–Crippen MR) is 86.9 cm³/mol. The molecule has 0 aromatic heterocycles. The molecule has 0 aliphatic carbocycles. The highest BCUT2D eigenvalue weighted by Gasteiger charge is 2.27. The second-order valence-corrected chi connectivity index (χ2v) is 6.14. The van der Waals surface area contributed by atoms with Crippen molar-refractivity contribution in [1.82, 2.24) is 5.32 Å². The second-order valence-electron chi connectivity index (χ2n) is 6.14. The molecule has 1 aromatic carbocycles. The van der Waals surface area contributed by atoms with E-state index >= 15 is 0 Å². The minimum Gasteiger partial charge on any atom is -0.481 e. The van der Waals surface area contributed by atoms with Gasteiger partial charge in [0, 0.05) is 25.6 Å². The quantitative estimate of drug-likeness (QED) is 0.810. The summed E-state index contributed by atoms with van der Waals surface area (Å²) in [5.41, 5.74) is 0.946. The predicted octanol–water partition coefficient (Wildman–Crippen LogP) is 2.77. The van der Waals surface area contributed by atoms with E-state index in [0.717, 1.165) is 18.4 Å². The lowest BCUT2D eigenvalue weighted by atomic mass is 9.86. The van der Waals surface area contributed by atoms with Crippen molar-refractivity contribution in [2.75, 3.05) is 13.2 Å². The zero-order valence-electron chi connectivity index (χ0n) is 13.5. The van der Waals surface area contributed by atoms with Crippen LogP contribution in [0.4, 0.5) is 0 Å². The summed E-state index contributed by atoms with van der Waals surface area (Å²) in [7, 11) is 0. The number of amides is 1. The number of rotatable bonds is 7. The number of aliphatic carboxylic acids is 1. The average molecular weight is 319 g/mol. The third-order valence-corrected chi connectivity index (χ3v) is 4.55. The summed E-state index contributed by atoms with van der Waals surface area (Å²) in [6.07, 6.45) is 2.23. The van der Waals surface area contributed by atoms with Crippen LogP contribution >= 0.6 is 0 Å². The fourth-order valence-corrected chi connectivity index (χ4v) is 3.01. The molecule has 23 heavy (non-hydrogen) atoms. The third-order valence-electron chi connectivity index (χ3n) is 4.55. The van der Waals surface area contributed by atoms with Gasteiger partial charge >= 0.3 is 5.97 Å². The van der Waals surface area contributed by atoms with Gasteiger partial charge in [-0.3, -0.25) is 9.59 Å². The van der Waals surface area contributed by atoms with Crippen LogP contribution in [0.5, 0.6) is 0 Å². The van der Waals surface area contributed by atoms with E-state index < -0.39 is 5.97 Å². The molecule has 2 N–H and O–H groups in total. The Kier molecular flexibility index (Phi) is 6.59. The highest BCUT2D eigenvalue weighted by Crippen LogP contribution is 2.25. The topological polar surface area (TPSA) is 75.6 Å². The van der Waals surface area contributed by atoms with Gasteiger partial charge in [0.05, 0.1) is 6.04 Å². The summed E-state index contributed by atoms with van der Waals surface area (Å²) in [5.74, 6) is -0.608. The van der Waals surface area contributed by atoms with Crippen molar-refractivity contribution in [2.45, 2.75) is 38.6 Å². The van der Waals surface area contributed by atoms with E-state index in [2.05, 4.69) is 5.32 Å². The van der Waals surface area contributed by atoms with Gasteiger partial charge in [0.1, 0.15) is 0 Å². The van der Waals surface area contributed by atoms with Gasteiger partial charge < -0.3 is 15.2 Å². The SMILES string of the molecule is CC(C(=O)NC(CCC(=O)O)c1ccccc1)C1CCOCC1. The molecule has 1 amide bonds. The molecule has 5 nitrogen and oxygen atoms in total. The summed E-state index contributed by atoms with van der Waals surface area (Å²) >= 11 is 0. The van der Waals surface area contributed by atoms with Crippen LogP contribution in [0.2, 0.25) is 0 Å². The molecule has 1 fully saturated rings. The van der Waals surface area contributed by atoms with E-state index in [1.54, 1.807) is 0 Å². The summed E-state index contributed by atoms with van der Waals surface area (Å²) in [4.78, 5) is 23.4. The fraction of sp³-hybridized carbons (Fsp3) is 0.556. The molecule has 0 radical (unpaired) electrons. The van der Waals surface area contributed by atoms with Gasteiger partial charge in [-0.1, -0.05) is 37.3 Å². The van der Waals surface area contributed by atoms with E-state index in [0.29, 0.717) is 25.6 Å². The lowest BCUT2D eigenvalue weighted by Gasteiger charge is -2.28. The molecule has 1 aromatic rings. The number of nitrogens with one attached hydrogen (secondary N) is 1. The first-order valence-corrected chi connectivity index (χ1v) is 8.22. The summed E-state index contributed by atoms with van der Waals surface area (Å²) in [5, 5.41) is 12.0. The van der Waals surface area contributed by atoms with Gasteiger partial charge in [-0.2, -0.15) is 0 Å². The minimum absolute atomic E-state index is 0.00357. The van der Waals surface area contributed by atoms with Crippen LogP contribution in [0, 0.1) is 11.8 Å². The van der Waals surface area contributed by atoms with Gasteiger partial charge in [0.25, 0.3) is 0 Å². The first-order valence-electron chi connectivity index (χ1n) is 8.22. The van der Waals surface area contributed by atoms with Crippen molar-refractivity contribution < 1.29 is 19.4 Å². The molecule has 1 saturated heterocycles. The number of ether oxygens (including phenoxy) is 1. The van der Waals surface area contributed by atoms with E-state index in [1.807, 2.05) is 37.3 Å². The molecular formula is C18H25NO4. The second kappa shape index (κ2) is 8.67. The fourth-order valence-electron chi connectivity index (χ4n) is 3.01. The molecular weight excluding hydrogens is 294 g/mol. The molecule has 0 saturated carbocycles. The highest BCUT2D eigenvalue weighted by atomic mass is 16.5. The third kappa shape index (κ3) is 5.36. The number of carboxylic acid groups (broad SMARTS) is 1. The van der Waals surface area contributed by atoms with Crippen molar-refractivity contribution >= 4 is 11.9 Å². The molecule has 2 rings (SSSR count).